The molecule has 5 nitrogen and oxygen atoms in total. The summed E-state index contributed by atoms with van der Waals surface area (Å²) in [6, 6.07) is 8.82. The van der Waals surface area contributed by atoms with Gasteiger partial charge in [0.2, 0.25) is 0 Å². The van der Waals surface area contributed by atoms with Crippen LogP contribution in [-0.2, 0) is 0 Å². The molecule has 1 heterocycles. The Hall–Kier alpha value is -2.41. The van der Waals surface area contributed by atoms with Gasteiger partial charge >= 0.3 is 5.76 Å². The smallest absolute Gasteiger partial charge is 0.408 e. The normalized spacial score (nSPS) is 10.8. The van der Waals surface area contributed by atoms with Crippen LogP contribution in [0.3, 0.4) is 0 Å². The van der Waals surface area contributed by atoms with E-state index < -0.39 is 17.5 Å². The highest BCUT2D eigenvalue weighted by atomic mass is 79.9. The molecular formula is C14H8BrFN2O3. The molecule has 0 atom stereocenters. The predicted octanol–water partition coefficient (Wildman–Crippen LogP) is 3.28. The molecule has 0 saturated heterocycles. The summed E-state index contributed by atoms with van der Waals surface area (Å²) in [5, 5.41) is 2.56. The molecule has 1 aromatic heterocycles. The maximum absolute atomic E-state index is 13.7. The maximum atomic E-state index is 13.7. The van der Waals surface area contributed by atoms with Crippen molar-refractivity contribution in [2.24, 2.45) is 0 Å². The van der Waals surface area contributed by atoms with Crippen LogP contribution in [-0.4, -0.2) is 10.9 Å². The molecule has 0 saturated carbocycles. The topological polar surface area (TPSA) is 75.1 Å². The van der Waals surface area contributed by atoms with Crippen molar-refractivity contribution in [1.82, 2.24) is 4.98 Å². The number of anilines is 1. The van der Waals surface area contributed by atoms with Crippen molar-refractivity contribution in [3.8, 4) is 0 Å². The largest absolute Gasteiger partial charge is 0.417 e. The van der Waals surface area contributed by atoms with Crippen molar-refractivity contribution in [1.29, 1.82) is 0 Å². The lowest BCUT2D eigenvalue weighted by Crippen LogP contribution is -2.13. The first-order chi connectivity index (χ1) is 10.0. The zero-order valence-electron chi connectivity index (χ0n) is 10.4. The van der Waals surface area contributed by atoms with E-state index >= 15 is 0 Å². The van der Waals surface area contributed by atoms with Crippen LogP contribution in [0, 0.1) is 5.82 Å². The molecule has 0 aliphatic carbocycles. The minimum atomic E-state index is -0.625. The van der Waals surface area contributed by atoms with E-state index in [0.29, 0.717) is 21.3 Å². The molecule has 2 aromatic carbocycles. The first-order valence-electron chi connectivity index (χ1n) is 5.92. The molecular weight excluding hydrogens is 343 g/mol. The standard InChI is InChI=1S/C14H8BrFN2O3/c15-7-1-3-9(10(16)5-7)13(19)17-8-2-4-12-11(6-8)18-14(20)21-12/h1-6H,(H,17,19)(H,18,20). The summed E-state index contributed by atoms with van der Waals surface area (Å²) in [6.45, 7) is 0. The molecule has 3 aromatic rings. The Kier molecular flexibility index (Phi) is 3.34. The zero-order chi connectivity index (χ0) is 15.0. The van der Waals surface area contributed by atoms with Crippen molar-refractivity contribution in [2.45, 2.75) is 0 Å². The number of amides is 1. The number of hydrogen-bond acceptors (Lipinski definition) is 3. The quantitative estimate of drug-likeness (QED) is 0.744. The van der Waals surface area contributed by atoms with Gasteiger partial charge in [0.05, 0.1) is 11.1 Å². The summed E-state index contributed by atoms with van der Waals surface area (Å²) in [6.07, 6.45) is 0. The third-order valence-electron chi connectivity index (χ3n) is 2.85. The Morgan fingerprint density at radius 3 is 2.81 bits per heavy atom. The number of rotatable bonds is 2. The van der Waals surface area contributed by atoms with Crippen molar-refractivity contribution >= 4 is 38.6 Å². The fourth-order valence-corrected chi connectivity index (χ4v) is 2.23. The highest BCUT2D eigenvalue weighted by molar-refractivity contribution is 9.10. The summed E-state index contributed by atoms with van der Waals surface area (Å²) in [4.78, 5) is 25.6. The minimum Gasteiger partial charge on any atom is -0.408 e. The fraction of sp³-hybridized carbons (Fsp3) is 0. The Labute approximate surface area is 125 Å². The van der Waals surface area contributed by atoms with Gasteiger partial charge in [0, 0.05) is 10.2 Å². The number of fused-ring (bicyclic) bond motifs is 1. The number of oxazole rings is 1. The molecule has 2 N–H and O–H groups in total. The number of hydrogen-bond donors (Lipinski definition) is 2. The minimum absolute atomic E-state index is 0.0704. The highest BCUT2D eigenvalue weighted by Crippen LogP contribution is 2.19. The van der Waals surface area contributed by atoms with Crippen LogP contribution in [0.2, 0.25) is 0 Å². The molecule has 0 aliphatic heterocycles. The monoisotopic (exact) mass is 350 g/mol. The van der Waals surface area contributed by atoms with Gasteiger partial charge in [0.1, 0.15) is 5.82 Å². The summed E-state index contributed by atoms with van der Waals surface area (Å²) >= 11 is 3.13. The molecule has 0 fully saturated rings. The number of carbonyl (C=O) groups is 1. The van der Waals surface area contributed by atoms with Gasteiger partial charge in [-0.05, 0) is 36.4 Å². The van der Waals surface area contributed by atoms with Crippen molar-refractivity contribution < 1.29 is 13.6 Å². The summed E-state index contributed by atoms with van der Waals surface area (Å²) in [5.74, 6) is -1.78. The lowest BCUT2D eigenvalue weighted by molar-refractivity contribution is 0.102. The molecule has 0 unspecified atom stereocenters. The number of aromatic nitrogens is 1. The van der Waals surface area contributed by atoms with E-state index in [9.17, 15) is 14.0 Å². The van der Waals surface area contributed by atoms with E-state index in [1.54, 1.807) is 18.2 Å². The molecule has 3 rings (SSSR count). The molecule has 106 valence electrons. The van der Waals surface area contributed by atoms with Crippen LogP contribution in [0.4, 0.5) is 10.1 Å². The SMILES string of the molecule is O=C(Nc1ccc2oc(=O)[nH]c2c1)c1ccc(Br)cc1F. The number of benzene rings is 2. The first kappa shape index (κ1) is 13.6. The van der Waals surface area contributed by atoms with Gasteiger partial charge in [-0.2, -0.15) is 0 Å². The highest BCUT2D eigenvalue weighted by Gasteiger charge is 2.12. The van der Waals surface area contributed by atoms with Crippen LogP contribution >= 0.6 is 15.9 Å². The van der Waals surface area contributed by atoms with Crippen LogP contribution < -0.4 is 11.1 Å². The predicted molar refractivity (Wildman–Crippen MR) is 78.9 cm³/mol. The summed E-state index contributed by atoms with van der Waals surface area (Å²) < 4.78 is 19.1. The average Bonchev–Trinajstić information content (AvgIpc) is 2.77. The van der Waals surface area contributed by atoms with E-state index in [1.807, 2.05) is 0 Å². The lowest BCUT2D eigenvalue weighted by Gasteiger charge is -2.06. The van der Waals surface area contributed by atoms with Crippen LogP contribution in [0.25, 0.3) is 11.1 Å². The number of carbonyl (C=O) groups excluding carboxylic acids is 1. The Morgan fingerprint density at radius 2 is 2.05 bits per heavy atom. The summed E-state index contributed by atoms with van der Waals surface area (Å²) in [5.41, 5.74) is 1.19. The van der Waals surface area contributed by atoms with E-state index in [-0.39, 0.29) is 5.56 Å². The van der Waals surface area contributed by atoms with Gasteiger partial charge in [-0.3, -0.25) is 9.78 Å². The second-order valence-electron chi connectivity index (χ2n) is 4.30. The Bertz CT molecular complexity index is 901. The van der Waals surface area contributed by atoms with Crippen molar-refractivity contribution in [3.05, 3.63) is 62.8 Å². The zero-order valence-corrected chi connectivity index (χ0v) is 12.0. The number of aromatic amines is 1. The molecule has 1 amide bonds. The Morgan fingerprint density at radius 1 is 1.24 bits per heavy atom. The summed E-state index contributed by atoms with van der Waals surface area (Å²) in [7, 11) is 0. The van der Waals surface area contributed by atoms with Crippen molar-refractivity contribution in [3.63, 3.8) is 0 Å². The second kappa shape index (κ2) is 5.17. The molecule has 0 bridgehead atoms. The first-order valence-corrected chi connectivity index (χ1v) is 6.71. The second-order valence-corrected chi connectivity index (χ2v) is 5.22. The average molecular weight is 351 g/mol. The fourth-order valence-electron chi connectivity index (χ4n) is 1.90. The van der Waals surface area contributed by atoms with E-state index in [2.05, 4.69) is 26.2 Å². The van der Waals surface area contributed by atoms with Gasteiger partial charge in [-0.1, -0.05) is 15.9 Å². The molecule has 0 radical (unpaired) electrons. The van der Waals surface area contributed by atoms with Crippen LogP contribution in [0.15, 0.2) is 50.1 Å². The third kappa shape index (κ3) is 2.73. The third-order valence-corrected chi connectivity index (χ3v) is 3.35. The van der Waals surface area contributed by atoms with E-state index in [4.69, 9.17) is 4.42 Å². The molecule has 0 spiro atoms. The number of halogens is 2. The number of nitrogens with one attached hydrogen (secondary N) is 2. The Balaban J connectivity index is 1.90. The lowest BCUT2D eigenvalue weighted by atomic mass is 10.2. The van der Waals surface area contributed by atoms with Gasteiger partial charge in [-0.15, -0.1) is 0 Å². The number of H-pyrrole nitrogens is 1. The van der Waals surface area contributed by atoms with Crippen LogP contribution in [0.1, 0.15) is 10.4 Å². The van der Waals surface area contributed by atoms with Gasteiger partial charge in [-0.25, -0.2) is 9.18 Å². The van der Waals surface area contributed by atoms with Crippen molar-refractivity contribution in [2.75, 3.05) is 5.32 Å². The van der Waals surface area contributed by atoms with E-state index in [1.165, 1.54) is 18.2 Å². The molecule has 7 heteroatoms. The van der Waals surface area contributed by atoms with E-state index in [0.717, 1.165) is 0 Å². The molecule has 21 heavy (non-hydrogen) atoms. The van der Waals surface area contributed by atoms with Gasteiger partial charge < -0.3 is 9.73 Å². The maximum Gasteiger partial charge on any atom is 0.417 e. The van der Waals surface area contributed by atoms with Crippen LogP contribution in [0.5, 0.6) is 0 Å². The van der Waals surface area contributed by atoms with Gasteiger partial charge in [0.15, 0.2) is 5.58 Å². The van der Waals surface area contributed by atoms with Gasteiger partial charge in [0.25, 0.3) is 5.91 Å². The molecule has 0 aliphatic rings.